The summed E-state index contributed by atoms with van der Waals surface area (Å²) in [6.45, 7) is 8.87. The van der Waals surface area contributed by atoms with E-state index in [9.17, 15) is 14.7 Å². The van der Waals surface area contributed by atoms with Gasteiger partial charge in [0.2, 0.25) is 5.91 Å². The molecule has 2 atom stereocenters. The molecule has 152 valence electrons. The molecule has 0 aliphatic carbocycles. The van der Waals surface area contributed by atoms with Crippen LogP contribution in [0.4, 0.5) is 0 Å². The molecule has 0 spiro atoms. The lowest BCUT2D eigenvalue weighted by Gasteiger charge is -2.32. The maximum Gasteiger partial charge on any atom is 0.494 e. The highest BCUT2D eigenvalue weighted by Gasteiger charge is 2.51. The highest BCUT2D eigenvalue weighted by atomic mass is 16.7. The van der Waals surface area contributed by atoms with E-state index in [1.165, 1.54) is 0 Å². The lowest BCUT2D eigenvalue weighted by Crippen LogP contribution is -2.45. The van der Waals surface area contributed by atoms with E-state index in [2.05, 4.69) is 5.32 Å². The zero-order valence-corrected chi connectivity index (χ0v) is 16.9. The molecule has 2 aliphatic heterocycles. The standard InChI is InChI=1S/C20H28BNO6/c1-19(2)20(3,4)28-21(27-19)15-7-5-13(6-8-15)11-16(18(24)25)22-17(23)14-9-10-26-12-14/h5-8,14,16H,9-12H2,1-4H3,(H,22,23)(H,24,25)/t14-,16-/m0/s1. The molecule has 7 nitrogen and oxygen atoms in total. The molecule has 28 heavy (non-hydrogen) atoms. The maximum atomic E-state index is 12.2. The Kier molecular flexibility index (Phi) is 5.84. The molecule has 1 amide bonds. The molecule has 0 radical (unpaired) electrons. The summed E-state index contributed by atoms with van der Waals surface area (Å²) in [4.78, 5) is 23.8. The Morgan fingerprint density at radius 3 is 2.29 bits per heavy atom. The predicted octanol–water partition coefficient (Wildman–Crippen LogP) is 1.13. The third-order valence-electron chi connectivity index (χ3n) is 5.86. The molecule has 0 unspecified atom stereocenters. The number of benzene rings is 1. The van der Waals surface area contributed by atoms with E-state index in [1.807, 2.05) is 52.0 Å². The van der Waals surface area contributed by atoms with Crippen LogP contribution >= 0.6 is 0 Å². The minimum absolute atomic E-state index is 0.207. The third kappa shape index (κ3) is 4.40. The monoisotopic (exact) mass is 389 g/mol. The van der Waals surface area contributed by atoms with Crippen molar-refractivity contribution in [3.8, 4) is 0 Å². The van der Waals surface area contributed by atoms with Crippen molar-refractivity contribution in [2.75, 3.05) is 13.2 Å². The Morgan fingerprint density at radius 2 is 1.79 bits per heavy atom. The number of rotatable bonds is 6. The second kappa shape index (κ2) is 7.85. The van der Waals surface area contributed by atoms with Gasteiger partial charge in [0.15, 0.2) is 0 Å². The fourth-order valence-electron chi connectivity index (χ4n) is 3.26. The van der Waals surface area contributed by atoms with Gasteiger partial charge >= 0.3 is 13.1 Å². The Hall–Kier alpha value is -1.90. The van der Waals surface area contributed by atoms with E-state index >= 15 is 0 Å². The smallest absolute Gasteiger partial charge is 0.480 e. The van der Waals surface area contributed by atoms with E-state index < -0.39 is 30.3 Å². The van der Waals surface area contributed by atoms with Gasteiger partial charge in [-0.2, -0.15) is 0 Å². The minimum Gasteiger partial charge on any atom is -0.480 e. The number of carbonyl (C=O) groups is 2. The van der Waals surface area contributed by atoms with Crippen molar-refractivity contribution < 1.29 is 28.7 Å². The van der Waals surface area contributed by atoms with Gasteiger partial charge in [-0.05, 0) is 45.1 Å². The van der Waals surface area contributed by atoms with Crippen LogP contribution in [0, 0.1) is 5.92 Å². The normalized spacial score (nSPS) is 24.1. The molecule has 0 aromatic heterocycles. The van der Waals surface area contributed by atoms with Crippen molar-refractivity contribution in [2.24, 2.45) is 5.92 Å². The highest BCUT2D eigenvalue weighted by Crippen LogP contribution is 2.36. The number of aliphatic carboxylic acids is 1. The Labute approximate surface area is 165 Å². The van der Waals surface area contributed by atoms with Crippen LogP contribution in [0.3, 0.4) is 0 Å². The van der Waals surface area contributed by atoms with Gasteiger partial charge in [-0.25, -0.2) is 4.79 Å². The summed E-state index contributed by atoms with van der Waals surface area (Å²) in [5, 5.41) is 12.1. The number of nitrogens with one attached hydrogen (secondary N) is 1. The molecular formula is C20H28BNO6. The number of ether oxygens (including phenoxy) is 1. The van der Waals surface area contributed by atoms with Gasteiger partial charge in [0.05, 0.1) is 23.7 Å². The van der Waals surface area contributed by atoms with Crippen molar-refractivity contribution in [2.45, 2.75) is 57.8 Å². The minimum atomic E-state index is -1.05. The van der Waals surface area contributed by atoms with Gasteiger partial charge in [-0.3, -0.25) is 4.79 Å². The predicted molar refractivity (Wildman–Crippen MR) is 104 cm³/mol. The summed E-state index contributed by atoms with van der Waals surface area (Å²) >= 11 is 0. The van der Waals surface area contributed by atoms with E-state index in [0.717, 1.165) is 11.0 Å². The number of hydrogen-bond donors (Lipinski definition) is 2. The van der Waals surface area contributed by atoms with Gasteiger partial charge in [-0.1, -0.05) is 24.3 Å². The van der Waals surface area contributed by atoms with Crippen molar-refractivity contribution >= 4 is 24.5 Å². The van der Waals surface area contributed by atoms with Crippen LogP contribution in [0.15, 0.2) is 24.3 Å². The summed E-state index contributed by atoms with van der Waals surface area (Å²) < 4.78 is 17.3. The van der Waals surface area contributed by atoms with Crippen molar-refractivity contribution in [3.05, 3.63) is 29.8 Å². The zero-order chi connectivity index (χ0) is 20.5. The Morgan fingerprint density at radius 1 is 1.18 bits per heavy atom. The highest BCUT2D eigenvalue weighted by molar-refractivity contribution is 6.62. The summed E-state index contributed by atoms with van der Waals surface area (Å²) in [5.41, 5.74) is 0.856. The van der Waals surface area contributed by atoms with Crippen LogP contribution in [0.2, 0.25) is 0 Å². The van der Waals surface area contributed by atoms with Crippen LogP contribution < -0.4 is 10.8 Å². The number of carboxylic acid groups (broad SMARTS) is 1. The van der Waals surface area contributed by atoms with E-state index in [1.54, 1.807) is 0 Å². The second-order valence-electron chi connectivity index (χ2n) is 8.49. The number of carbonyl (C=O) groups excluding carboxylic acids is 1. The molecule has 2 heterocycles. The fourth-order valence-corrected chi connectivity index (χ4v) is 3.26. The lowest BCUT2D eigenvalue weighted by atomic mass is 9.78. The quantitative estimate of drug-likeness (QED) is 0.709. The van der Waals surface area contributed by atoms with E-state index in [0.29, 0.717) is 19.6 Å². The molecule has 2 saturated heterocycles. The molecule has 0 bridgehead atoms. The van der Waals surface area contributed by atoms with Crippen LogP contribution in [0.1, 0.15) is 39.7 Å². The molecule has 2 aliphatic rings. The van der Waals surface area contributed by atoms with Crippen LogP contribution in [0.25, 0.3) is 0 Å². The topological polar surface area (TPSA) is 94.1 Å². The van der Waals surface area contributed by atoms with Crippen molar-refractivity contribution in [1.29, 1.82) is 0 Å². The molecule has 3 rings (SSSR count). The maximum absolute atomic E-state index is 12.2. The van der Waals surface area contributed by atoms with Crippen molar-refractivity contribution in [3.63, 3.8) is 0 Å². The SMILES string of the molecule is CC1(C)OB(c2ccc(C[C@H](NC(=O)[C@H]3CCOC3)C(=O)O)cc2)OC1(C)C. The number of amides is 1. The summed E-state index contributed by atoms with van der Waals surface area (Å²) in [6.07, 6.45) is 0.833. The summed E-state index contributed by atoms with van der Waals surface area (Å²) in [7, 11) is -0.462. The first-order valence-electron chi connectivity index (χ1n) is 9.64. The van der Waals surface area contributed by atoms with Gasteiger partial charge in [0.1, 0.15) is 6.04 Å². The van der Waals surface area contributed by atoms with Crippen LogP contribution in [-0.2, 0) is 30.1 Å². The molecule has 8 heteroatoms. The van der Waals surface area contributed by atoms with Crippen LogP contribution in [-0.4, -0.2) is 54.6 Å². The molecule has 1 aromatic rings. The lowest BCUT2D eigenvalue weighted by molar-refractivity contribution is -0.142. The number of hydrogen-bond acceptors (Lipinski definition) is 5. The van der Waals surface area contributed by atoms with E-state index in [-0.39, 0.29) is 18.2 Å². The molecular weight excluding hydrogens is 361 g/mol. The average Bonchev–Trinajstić information content (AvgIpc) is 3.21. The summed E-state index contributed by atoms with van der Waals surface area (Å²) in [6, 6.07) is 6.48. The number of carboxylic acids is 1. The second-order valence-corrected chi connectivity index (χ2v) is 8.49. The molecule has 1 aromatic carbocycles. The first kappa shape index (κ1) is 20.8. The molecule has 0 saturated carbocycles. The largest absolute Gasteiger partial charge is 0.494 e. The van der Waals surface area contributed by atoms with Gasteiger partial charge in [-0.15, -0.1) is 0 Å². The first-order chi connectivity index (χ1) is 13.1. The van der Waals surface area contributed by atoms with Gasteiger partial charge < -0.3 is 24.5 Å². The van der Waals surface area contributed by atoms with Crippen molar-refractivity contribution in [1.82, 2.24) is 5.32 Å². The zero-order valence-electron chi connectivity index (χ0n) is 16.9. The summed E-state index contributed by atoms with van der Waals surface area (Å²) in [5.74, 6) is -1.59. The third-order valence-corrected chi connectivity index (χ3v) is 5.86. The van der Waals surface area contributed by atoms with Gasteiger partial charge in [0, 0.05) is 13.0 Å². The molecule has 2 N–H and O–H groups in total. The average molecular weight is 389 g/mol. The Balaban J connectivity index is 1.63. The fraction of sp³-hybridized carbons (Fsp3) is 0.600. The van der Waals surface area contributed by atoms with E-state index in [4.69, 9.17) is 14.0 Å². The molecule has 2 fully saturated rings. The Bertz CT molecular complexity index is 711. The van der Waals surface area contributed by atoms with Gasteiger partial charge in [0.25, 0.3) is 0 Å². The first-order valence-corrected chi connectivity index (χ1v) is 9.64. The van der Waals surface area contributed by atoms with Crippen LogP contribution in [0.5, 0.6) is 0 Å².